The molecule has 3 heterocycles. The molecule has 3 rings (SSSR count). The fraction of sp³-hybridized carbons (Fsp3) is 0.643. The molecule has 0 bridgehead atoms. The van der Waals surface area contributed by atoms with Crippen molar-refractivity contribution >= 4 is 34.9 Å². The first-order valence-corrected chi connectivity index (χ1v) is 14.1. The van der Waals surface area contributed by atoms with Crippen LogP contribution < -0.4 is 5.32 Å². The summed E-state index contributed by atoms with van der Waals surface area (Å²) in [5.74, 6) is -0.490. The number of aromatic nitrogens is 4. The van der Waals surface area contributed by atoms with E-state index in [1.165, 1.54) is 30.9 Å². The van der Waals surface area contributed by atoms with Crippen LogP contribution in [-0.4, -0.2) is 86.9 Å². The van der Waals surface area contributed by atoms with Gasteiger partial charge in [0.05, 0.1) is 31.0 Å². The minimum atomic E-state index is -5.72. The second-order valence-corrected chi connectivity index (χ2v) is 12.4. The van der Waals surface area contributed by atoms with Gasteiger partial charge >= 0.3 is 23.5 Å². The number of phosphoric ester groups is 1. The number of imidazole rings is 1. The van der Waals surface area contributed by atoms with E-state index in [2.05, 4.69) is 33.5 Å². The van der Waals surface area contributed by atoms with Crippen molar-refractivity contribution in [2.24, 2.45) is 0 Å². The maximum absolute atomic E-state index is 12.0. The molecule has 0 saturated carbocycles. The first-order chi connectivity index (χ1) is 15.9. The van der Waals surface area contributed by atoms with Crippen LogP contribution >= 0.6 is 23.5 Å². The van der Waals surface area contributed by atoms with Gasteiger partial charge in [-0.1, -0.05) is 0 Å². The van der Waals surface area contributed by atoms with Gasteiger partial charge in [0.25, 0.3) is 0 Å². The lowest BCUT2D eigenvalue weighted by atomic mass is 9.74. The van der Waals surface area contributed by atoms with Gasteiger partial charge in [-0.3, -0.25) is 4.52 Å². The highest BCUT2D eigenvalue weighted by Crippen LogP contribution is 2.66. The Morgan fingerprint density at radius 1 is 1.17 bits per heavy atom. The minimum absolute atomic E-state index is 0.257. The second-order valence-electron chi connectivity index (χ2n) is 7.95. The molecular weight excluding hydrogens is 539 g/mol. The van der Waals surface area contributed by atoms with Crippen molar-refractivity contribution < 1.29 is 61.4 Å². The third-order valence-electron chi connectivity index (χ3n) is 5.27. The summed E-state index contributed by atoms with van der Waals surface area (Å²) in [5, 5.41) is 29.1. The Hall–Kier alpha value is -1.36. The average molecular weight is 563 g/mol. The van der Waals surface area contributed by atoms with Gasteiger partial charge in [0, 0.05) is 7.05 Å². The number of ether oxygens (including phenoxy) is 1. The topological polar surface area (TPSA) is 265 Å². The van der Waals surface area contributed by atoms with E-state index in [1.807, 2.05) is 0 Å². The van der Waals surface area contributed by atoms with Crippen LogP contribution in [-0.2, 0) is 31.6 Å². The molecule has 2 aromatic heterocycles. The molecule has 198 valence electrons. The zero-order valence-electron chi connectivity index (χ0n) is 18.4. The van der Waals surface area contributed by atoms with Gasteiger partial charge in [-0.2, -0.15) is 13.7 Å². The number of aliphatic hydroxyl groups is 2. The Morgan fingerprint density at radius 2 is 1.83 bits per heavy atom. The number of nitrogens with one attached hydrogen (secondary N) is 1. The molecule has 0 aromatic carbocycles. The van der Waals surface area contributed by atoms with Crippen molar-refractivity contribution in [1.82, 2.24) is 19.6 Å². The van der Waals surface area contributed by atoms with Gasteiger partial charge in [0.2, 0.25) is 0 Å². The highest BCUT2D eigenvalue weighted by atomic mass is 31.3. The first kappa shape index (κ1) is 28.2. The number of phosphoric acid groups is 3. The Kier molecular flexibility index (Phi) is 7.66. The molecule has 1 saturated heterocycles. The van der Waals surface area contributed by atoms with Gasteiger partial charge in [-0.15, -0.1) is 0 Å². The highest BCUT2D eigenvalue weighted by molar-refractivity contribution is 7.66. The van der Waals surface area contributed by atoms with Crippen molar-refractivity contribution in [3.05, 3.63) is 18.2 Å². The van der Waals surface area contributed by atoms with E-state index in [0.717, 1.165) is 0 Å². The van der Waals surface area contributed by atoms with Crippen LogP contribution in [0.4, 0.5) is 5.82 Å². The SMILES string of the molecule is CNc1ncnn2c([C@@H]3COC(C)(COP(=O)(O)OP(=O)(O)OP(=O)(O)O)[C@@H](O)[C@@]3(C)O)cnc12. The number of hydrogen-bond donors (Lipinski definition) is 7. The van der Waals surface area contributed by atoms with Gasteiger partial charge in [-0.25, -0.2) is 28.2 Å². The number of nitrogens with zero attached hydrogens (tertiary/aromatic N) is 4. The fourth-order valence-electron chi connectivity index (χ4n) is 3.60. The van der Waals surface area contributed by atoms with Crippen LogP contribution in [0.5, 0.6) is 0 Å². The molecule has 6 atom stereocenters. The average Bonchev–Trinajstić information content (AvgIpc) is 3.12. The predicted molar refractivity (Wildman–Crippen MR) is 114 cm³/mol. The quantitative estimate of drug-likeness (QED) is 0.189. The van der Waals surface area contributed by atoms with Crippen LogP contribution in [0.1, 0.15) is 25.5 Å². The fourth-order valence-corrected chi connectivity index (χ4v) is 6.71. The molecule has 21 heteroatoms. The van der Waals surface area contributed by atoms with Gasteiger partial charge in [0.1, 0.15) is 23.6 Å². The molecule has 7 N–H and O–H groups in total. The largest absolute Gasteiger partial charge is 0.490 e. The molecular formula is C14H24N5O13P3. The predicted octanol–water partition coefficient (Wildman–Crippen LogP) is -0.506. The van der Waals surface area contributed by atoms with E-state index in [1.54, 1.807) is 7.05 Å². The van der Waals surface area contributed by atoms with Crippen molar-refractivity contribution in [2.75, 3.05) is 25.6 Å². The van der Waals surface area contributed by atoms with E-state index in [0.29, 0.717) is 17.2 Å². The van der Waals surface area contributed by atoms with E-state index < -0.39 is 53.3 Å². The summed E-state index contributed by atoms with van der Waals surface area (Å²) in [4.78, 5) is 44.4. The number of fused-ring (bicyclic) bond motifs is 1. The summed E-state index contributed by atoms with van der Waals surface area (Å²) in [6.07, 6.45) is 0.901. The maximum Gasteiger partial charge on any atom is 0.490 e. The van der Waals surface area contributed by atoms with Crippen LogP contribution in [0, 0.1) is 0 Å². The molecule has 35 heavy (non-hydrogen) atoms. The van der Waals surface area contributed by atoms with Crippen molar-refractivity contribution in [3.63, 3.8) is 0 Å². The lowest BCUT2D eigenvalue weighted by Gasteiger charge is -2.49. The van der Waals surface area contributed by atoms with Crippen LogP contribution in [0.25, 0.3) is 5.65 Å². The minimum Gasteiger partial charge on any atom is -0.387 e. The Labute approximate surface area is 197 Å². The summed E-state index contributed by atoms with van der Waals surface area (Å²) >= 11 is 0. The molecule has 1 aliphatic heterocycles. The molecule has 0 aliphatic carbocycles. The van der Waals surface area contributed by atoms with Crippen molar-refractivity contribution in [2.45, 2.75) is 37.1 Å². The van der Waals surface area contributed by atoms with Gasteiger partial charge < -0.3 is 39.8 Å². The van der Waals surface area contributed by atoms with Crippen LogP contribution in [0.15, 0.2) is 12.5 Å². The van der Waals surface area contributed by atoms with Gasteiger partial charge in [0.15, 0.2) is 11.5 Å². The van der Waals surface area contributed by atoms with E-state index in [-0.39, 0.29) is 6.61 Å². The summed E-state index contributed by atoms with van der Waals surface area (Å²) < 4.78 is 53.2. The smallest absolute Gasteiger partial charge is 0.387 e. The lowest BCUT2D eigenvalue weighted by Crippen LogP contribution is -2.64. The summed E-state index contributed by atoms with van der Waals surface area (Å²) in [6, 6.07) is 0. The van der Waals surface area contributed by atoms with Gasteiger partial charge in [-0.05, 0) is 13.8 Å². The van der Waals surface area contributed by atoms with E-state index in [9.17, 15) is 33.7 Å². The molecule has 0 amide bonds. The Morgan fingerprint density at radius 3 is 2.43 bits per heavy atom. The molecule has 0 radical (unpaired) electrons. The third kappa shape index (κ3) is 6.14. The maximum atomic E-state index is 12.0. The normalized spacial score (nSPS) is 31.1. The number of aliphatic hydroxyl groups excluding tert-OH is 1. The first-order valence-electron chi connectivity index (χ1n) is 9.60. The van der Waals surface area contributed by atoms with Crippen molar-refractivity contribution in [3.8, 4) is 0 Å². The van der Waals surface area contributed by atoms with Crippen molar-refractivity contribution in [1.29, 1.82) is 0 Å². The zero-order valence-corrected chi connectivity index (χ0v) is 21.1. The molecule has 2 aromatic rings. The summed E-state index contributed by atoms with van der Waals surface area (Å²) in [6.45, 7) is 1.29. The molecule has 1 fully saturated rings. The van der Waals surface area contributed by atoms with E-state index in [4.69, 9.17) is 14.5 Å². The zero-order chi connectivity index (χ0) is 26.4. The van der Waals surface area contributed by atoms with E-state index >= 15 is 0 Å². The standard InChI is InChI=1S/C14H24N5O13P3/c1-13(6-30-34(25,26)32-35(27,28)31-33(22,23)24)12(20)14(2,21)8(5-29-13)9-4-16-11-10(15-3)17-7-18-19(9)11/h4,7-8,12,20-21H,5-6H2,1-3H3,(H,25,26)(H,27,28)(H,15,17,18)(H2,22,23,24)/t8-,12+,13?,14-/m0/s1. The van der Waals surface area contributed by atoms with Crippen LogP contribution in [0.2, 0.25) is 0 Å². The lowest BCUT2D eigenvalue weighted by molar-refractivity contribution is -0.246. The molecule has 3 unspecified atom stereocenters. The second kappa shape index (κ2) is 9.50. The van der Waals surface area contributed by atoms with Crippen LogP contribution in [0.3, 0.4) is 0 Å². The third-order valence-corrected chi connectivity index (χ3v) is 9.05. The summed E-state index contributed by atoms with van der Waals surface area (Å²) in [7, 11) is -15.1. The Bertz CT molecular complexity index is 1230. The number of hydrogen-bond acceptors (Lipinski definition) is 13. The molecule has 0 spiro atoms. The summed E-state index contributed by atoms with van der Waals surface area (Å²) in [5.41, 5.74) is -3.08. The highest BCUT2D eigenvalue weighted by Gasteiger charge is 2.56. The number of rotatable bonds is 9. The monoisotopic (exact) mass is 563 g/mol. The molecule has 1 aliphatic rings. The Balaban J connectivity index is 1.78. The number of anilines is 1. The molecule has 18 nitrogen and oxygen atoms in total.